The molecule has 3 rings (SSSR count). The quantitative estimate of drug-likeness (QED) is 0.510. The highest BCUT2D eigenvalue weighted by Gasteiger charge is 2.19. The van der Waals surface area contributed by atoms with Gasteiger partial charge in [0.05, 0.1) is 18.0 Å². The molecule has 130 valence electrons. The maximum atomic E-state index is 11.5. The van der Waals surface area contributed by atoms with Gasteiger partial charge >= 0.3 is 5.97 Å². The molecule has 3 aromatic rings. The summed E-state index contributed by atoms with van der Waals surface area (Å²) in [6.45, 7) is 6.08. The van der Waals surface area contributed by atoms with Crippen LogP contribution in [0.15, 0.2) is 39.9 Å². The zero-order valence-corrected chi connectivity index (χ0v) is 15.2. The average molecular weight is 358 g/mol. The Hall–Kier alpha value is -2.61. The summed E-state index contributed by atoms with van der Waals surface area (Å²) < 4.78 is 11.9. The number of hydrogen-bond acceptors (Lipinski definition) is 7. The van der Waals surface area contributed by atoms with E-state index in [1.807, 2.05) is 25.1 Å². The molecule has 0 fully saturated rings. The molecule has 0 N–H and O–H groups in total. The molecule has 0 aliphatic carbocycles. The molecule has 1 atom stereocenters. The first-order valence-electron chi connectivity index (χ1n) is 7.70. The van der Waals surface area contributed by atoms with E-state index in [9.17, 15) is 4.79 Å². The summed E-state index contributed by atoms with van der Waals surface area (Å²) in [5, 5.41) is 12.5. The third-order valence-electron chi connectivity index (χ3n) is 3.87. The van der Waals surface area contributed by atoms with Gasteiger partial charge in [0.15, 0.2) is 0 Å². The zero-order chi connectivity index (χ0) is 18.0. The third-order valence-corrected chi connectivity index (χ3v) is 4.92. The van der Waals surface area contributed by atoms with Crippen LogP contribution in [-0.4, -0.2) is 33.3 Å². The molecule has 1 aromatic carbocycles. The van der Waals surface area contributed by atoms with Crippen LogP contribution in [0.5, 0.6) is 0 Å². The molecule has 0 radical (unpaired) electrons. The van der Waals surface area contributed by atoms with E-state index in [2.05, 4.69) is 34.1 Å². The summed E-state index contributed by atoms with van der Waals surface area (Å²) in [6.07, 6.45) is 0. The highest BCUT2D eigenvalue weighted by molar-refractivity contribution is 7.99. The summed E-state index contributed by atoms with van der Waals surface area (Å²) in [7, 11) is 1.32. The Morgan fingerprint density at radius 2 is 2.04 bits per heavy atom. The molecule has 25 heavy (non-hydrogen) atoms. The Morgan fingerprint density at radius 3 is 2.76 bits per heavy atom. The van der Waals surface area contributed by atoms with Gasteiger partial charge in [0.25, 0.3) is 0 Å². The van der Waals surface area contributed by atoms with Crippen LogP contribution in [0.2, 0.25) is 0 Å². The van der Waals surface area contributed by atoms with Gasteiger partial charge in [-0.25, -0.2) is 4.79 Å². The van der Waals surface area contributed by atoms with Crippen LogP contribution in [-0.2, 0) is 4.74 Å². The second-order valence-electron chi connectivity index (χ2n) is 5.60. The standard InChI is InChI=1S/C17H18N4O3S/c1-10-5-6-13(9-11(10)2)21-17(18-19-20-21)25-12(3)14-7-8-15(24-14)16(22)23-4/h5-9,12H,1-4H3. The minimum Gasteiger partial charge on any atom is -0.463 e. The van der Waals surface area contributed by atoms with Crippen LogP contribution in [0.1, 0.15) is 39.6 Å². The smallest absolute Gasteiger partial charge is 0.373 e. The van der Waals surface area contributed by atoms with Gasteiger partial charge in [0.2, 0.25) is 10.9 Å². The molecule has 2 heterocycles. The van der Waals surface area contributed by atoms with E-state index in [0.29, 0.717) is 10.9 Å². The Kier molecular flexibility index (Phi) is 4.89. The van der Waals surface area contributed by atoms with E-state index < -0.39 is 5.97 Å². The van der Waals surface area contributed by atoms with Crippen molar-refractivity contribution in [3.63, 3.8) is 0 Å². The fourth-order valence-corrected chi connectivity index (χ4v) is 3.15. The summed E-state index contributed by atoms with van der Waals surface area (Å²) in [4.78, 5) is 11.5. The molecular weight excluding hydrogens is 340 g/mol. The molecule has 0 bridgehead atoms. The molecule has 0 aliphatic heterocycles. The van der Waals surface area contributed by atoms with Crippen LogP contribution >= 0.6 is 11.8 Å². The highest BCUT2D eigenvalue weighted by Crippen LogP contribution is 2.35. The van der Waals surface area contributed by atoms with E-state index in [0.717, 1.165) is 5.69 Å². The SMILES string of the molecule is COC(=O)c1ccc(C(C)Sc2nnnn2-c2ccc(C)c(C)c2)o1. The molecule has 0 aliphatic rings. The van der Waals surface area contributed by atoms with E-state index in [1.54, 1.807) is 16.8 Å². The number of tetrazole rings is 1. The third kappa shape index (κ3) is 3.58. The first kappa shape index (κ1) is 17.2. The van der Waals surface area contributed by atoms with Gasteiger partial charge in [-0.15, -0.1) is 5.10 Å². The molecule has 8 heteroatoms. The molecule has 1 unspecified atom stereocenters. The molecule has 2 aromatic heterocycles. The summed E-state index contributed by atoms with van der Waals surface area (Å²) in [5.41, 5.74) is 3.29. The van der Waals surface area contributed by atoms with Gasteiger partial charge in [-0.1, -0.05) is 17.8 Å². The summed E-state index contributed by atoms with van der Waals surface area (Å²) in [6, 6.07) is 9.43. The van der Waals surface area contributed by atoms with Crippen molar-refractivity contribution in [3.05, 3.63) is 53.0 Å². The number of hydrogen-bond donors (Lipinski definition) is 0. The molecular formula is C17H18N4O3S. The maximum Gasteiger partial charge on any atom is 0.373 e. The van der Waals surface area contributed by atoms with Crippen molar-refractivity contribution in [2.45, 2.75) is 31.2 Å². The van der Waals surface area contributed by atoms with Gasteiger partial charge in [-0.2, -0.15) is 4.68 Å². The summed E-state index contributed by atoms with van der Waals surface area (Å²) in [5.74, 6) is 0.335. The van der Waals surface area contributed by atoms with Gasteiger partial charge in [-0.05, 0) is 66.6 Å². The molecule has 0 saturated heterocycles. The molecule has 7 nitrogen and oxygen atoms in total. The number of carbonyl (C=O) groups excluding carboxylic acids is 1. The van der Waals surface area contributed by atoms with Crippen LogP contribution in [0.4, 0.5) is 0 Å². The lowest BCUT2D eigenvalue weighted by Gasteiger charge is -2.09. The van der Waals surface area contributed by atoms with Crippen LogP contribution in [0, 0.1) is 13.8 Å². The van der Waals surface area contributed by atoms with Gasteiger partial charge in [0, 0.05) is 0 Å². The Morgan fingerprint density at radius 1 is 1.24 bits per heavy atom. The van der Waals surface area contributed by atoms with Gasteiger partial charge < -0.3 is 9.15 Å². The fraction of sp³-hybridized carbons (Fsp3) is 0.294. The molecule has 0 spiro atoms. The van der Waals surface area contributed by atoms with Gasteiger partial charge in [0.1, 0.15) is 5.76 Å². The van der Waals surface area contributed by atoms with Crippen LogP contribution < -0.4 is 0 Å². The van der Waals surface area contributed by atoms with Crippen molar-refractivity contribution in [1.29, 1.82) is 0 Å². The molecule has 0 amide bonds. The van der Waals surface area contributed by atoms with Crippen molar-refractivity contribution in [2.75, 3.05) is 7.11 Å². The van der Waals surface area contributed by atoms with Crippen LogP contribution in [0.25, 0.3) is 5.69 Å². The minimum atomic E-state index is -0.497. The predicted octanol–water partition coefficient (Wildman–Crippen LogP) is 3.51. The number of furan rings is 1. The van der Waals surface area contributed by atoms with Crippen molar-refractivity contribution >= 4 is 17.7 Å². The number of ether oxygens (including phenoxy) is 1. The second-order valence-corrected chi connectivity index (χ2v) is 6.90. The fourth-order valence-electron chi connectivity index (χ4n) is 2.27. The minimum absolute atomic E-state index is 0.0744. The number of benzene rings is 1. The topological polar surface area (TPSA) is 83.0 Å². The number of aromatic nitrogens is 4. The zero-order valence-electron chi connectivity index (χ0n) is 14.4. The largest absolute Gasteiger partial charge is 0.463 e. The lowest BCUT2D eigenvalue weighted by atomic mass is 10.1. The monoisotopic (exact) mass is 358 g/mol. The number of esters is 1. The van der Waals surface area contributed by atoms with Gasteiger partial charge in [-0.3, -0.25) is 0 Å². The van der Waals surface area contributed by atoms with E-state index >= 15 is 0 Å². The first-order valence-corrected chi connectivity index (χ1v) is 8.58. The van der Waals surface area contributed by atoms with Crippen LogP contribution in [0.3, 0.4) is 0 Å². The number of thioether (sulfide) groups is 1. The Balaban J connectivity index is 1.82. The van der Waals surface area contributed by atoms with Crippen molar-refractivity contribution in [2.24, 2.45) is 0 Å². The lowest BCUT2D eigenvalue weighted by Crippen LogP contribution is -2.01. The number of aryl methyl sites for hydroxylation is 2. The lowest BCUT2D eigenvalue weighted by molar-refractivity contribution is 0.0563. The van der Waals surface area contributed by atoms with E-state index in [-0.39, 0.29) is 11.0 Å². The Bertz CT molecular complexity index is 903. The molecule has 0 saturated carbocycles. The Labute approximate surface area is 149 Å². The van der Waals surface area contributed by atoms with E-state index in [1.165, 1.54) is 30.0 Å². The predicted molar refractivity (Wildman–Crippen MR) is 92.9 cm³/mol. The average Bonchev–Trinajstić information content (AvgIpc) is 3.26. The number of methoxy groups -OCH3 is 1. The number of rotatable bonds is 5. The van der Waals surface area contributed by atoms with Crippen molar-refractivity contribution in [1.82, 2.24) is 20.2 Å². The number of carbonyl (C=O) groups is 1. The number of nitrogens with zero attached hydrogens (tertiary/aromatic N) is 4. The first-order chi connectivity index (χ1) is 12.0. The second kappa shape index (κ2) is 7.10. The summed E-state index contributed by atoms with van der Waals surface area (Å²) >= 11 is 1.45. The maximum absolute atomic E-state index is 11.5. The highest BCUT2D eigenvalue weighted by atomic mass is 32.2. The normalized spacial score (nSPS) is 12.2. The van der Waals surface area contributed by atoms with E-state index in [4.69, 9.17) is 4.42 Å². The van der Waals surface area contributed by atoms with Crippen molar-refractivity contribution in [3.8, 4) is 5.69 Å². The van der Waals surface area contributed by atoms with Crippen molar-refractivity contribution < 1.29 is 13.9 Å².